The summed E-state index contributed by atoms with van der Waals surface area (Å²) >= 11 is 5.99. The van der Waals surface area contributed by atoms with Crippen LogP contribution in [0.1, 0.15) is 21.7 Å². The Morgan fingerprint density at radius 1 is 1.36 bits per heavy atom. The smallest absolute Gasteiger partial charge is 0.481 e. The van der Waals surface area contributed by atoms with E-state index in [1.54, 1.807) is 6.92 Å². The number of nitrogens with one attached hydrogen (secondary N) is 1. The average molecular weight is 404 g/mol. The number of fused-ring (bicyclic) bond motifs is 1. The quantitative estimate of drug-likeness (QED) is 0.454. The van der Waals surface area contributed by atoms with Gasteiger partial charge in [-0.05, 0) is 18.0 Å². The molecule has 28 heavy (non-hydrogen) atoms. The predicted octanol–water partition coefficient (Wildman–Crippen LogP) is 0.849. The Morgan fingerprint density at radius 3 is 2.61 bits per heavy atom. The van der Waals surface area contributed by atoms with E-state index in [4.69, 9.17) is 22.7 Å². The number of carbonyl (C=O) groups is 1. The van der Waals surface area contributed by atoms with Gasteiger partial charge in [-0.25, -0.2) is 0 Å². The third kappa shape index (κ3) is 5.07. The molecule has 1 aromatic carbocycles. The van der Waals surface area contributed by atoms with Gasteiger partial charge in [0.25, 0.3) is 0 Å². The number of aliphatic imine (C=N–C) groups is 1. The molecule has 1 aromatic heterocycles. The Hall–Kier alpha value is -2.47. The zero-order valence-electron chi connectivity index (χ0n) is 15.1. The van der Waals surface area contributed by atoms with Crippen molar-refractivity contribution in [3.63, 3.8) is 0 Å². The number of nitrogens with zero attached hydrogens (tertiary/aromatic N) is 2. The molecular weight excluding hydrogens is 391 g/mol. The molecule has 0 spiro atoms. The van der Waals surface area contributed by atoms with Gasteiger partial charge in [0.1, 0.15) is 5.76 Å². The molecule has 0 fully saturated rings. The Balaban J connectivity index is 0.00000196. The zero-order chi connectivity index (χ0) is 18.9. The summed E-state index contributed by atoms with van der Waals surface area (Å²) in [5, 5.41) is 5.98. The van der Waals surface area contributed by atoms with Crippen LogP contribution in [0.2, 0.25) is 5.02 Å². The fourth-order valence-corrected chi connectivity index (χ4v) is 2.31. The van der Waals surface area contributed by atoms with Crippen molar-refractivity contribution >= 4 is 29.4 Å². The first kappa shape index (κ1) is 23.6. The molecule has 11 heteroatoms. The number of halogens is 3. The summed E-state index contributed by atoms with van der Waals surface area (Å²) in [5.41, 5.74) is 0.354. The molecule has 0 atom stereocenters. The number of hydrogen-bond acceptors (Lipinski definition) is 6. The molecule has 0 aliphatic carbocycles. The van der Waals surface area contributed by atoms with E-state index >= 15 is 0 Å². The first-order valence-corrected chi connectivity index (χ1v) is 7.45. The van der Waals surface area contributed by atoms with E-state index < -0.39 is 12.2 Å². The molecule has 7 nitrogen and oxygen atoms in total. The van der Waals surface area contributed by atoms with Crippen LogP contribution in [0.25, 0.3) is 5.70 Å². The van der Waals surface area contributed by atoms with E-state index in [0.29, 0.717) is 5.76 Å². The van der Waals surface area contributed by atoms with Crippen molar-refractivity contribution in [3.05, 3.63) is 60.8 Å². The van der Waals surface area contributed by atoms with E-state index in [9.17, 15) is 13.6 Å². The maximum atomic E-state index is 13.1. The molecule has 1 N–H and O–H groups in total. The molecule has 3 rings (SSSR count). The van der Waals surface area contributed by atoms with Crippen LogP contribution >= 0.6 is 11.6 Å². The van der Waals surface area contributed by atoms with Gasteiger partial charge in [-0.1, -0.05) is 11.2 Å². The SMILES string of the molecule is [CH-]=C(N=C[CH-]NC(=O)c1cnoc1C)c1cc2c(cc1Cl)OC(F)(F)O2.[CH3-].[Li+]. The van der Waals surface area contributed by atoms with Gasteiger partial charge in [0.05, 0.1) is 11.8 Å². The van der Waals surface area contributed by atoms with Crippen LogP contribution < -0.4 is 33.7 Å². The fourth-order valence-electron chi connectivity index (χ4n) is 2.06. The minimum absolute atomic E-state index is 0. The molecule has 1 aliphatic heterocycles. The molecule has 2 heterocycles. The van der Waals surface area contributed by atoms with Crippen LogP contribution in [0.5, 0.6) is 11.5 Å². The first-order chi connectivity index (χ1) is 12.3. The average Bonchev–Trinajstić information content (AvgIpc) is 3.11. The number of ether oxygens (including phenoxy) is 2. The van der Waals surface area contributed by atoms with Crippen LogP contribution in [0, 0.1) is 27.5 Å². The Labute approximate surface area is 176 Å². The molecule has 0 saturated heterocycles. The summed E-state index contributed by atoms with van der Waals surface area (Å²) < 4.78 is 39.5. The predicted molar refractivity (Wildman–Crippen MR) is 93.3 cm³/mol. The number of alkyl halides is 2. The van der Waals surface area contributed by atoms with Crippen molar-refractivity contribution in [1.82, 2.24) is 10.5 Å². The molecule has 0 radical (unpaired) electrons. The van der Waals surface area contributed by atoms with Crippen LogP contribution in [0.3, 0.4) is 0 Å². The van der Waals surface area contributed by atoms with Gasteiger partial charge in [0.2, 0.25) is 5.91 Å². The third-order valence-electron chi connectivity index (χ3n) is 3.26. The normalized spacial score (nSPS) is 13.4. The fraction of sp³-hybridized carbons (Fsp3) is 0.118. The molecule has 1 amide bonds. The second kappa shape index (κ2) is 9.15. The topological polar surface area (TPSA) is 86.0 Å². The summed E-state index contributed by atoms with van der Waals surface area (Å²) in [6.45, 7) is 8.61. The Bertz CT molecular complexity index is 918. The Morgan fingerprint density at radius 2 is 2.00 bits per heavy atom. The number of benzene rings is 1. The van der Waals surface area contributed by atoms with Gasteiger partial charge in [0, 0.05) is 0 Å². The van der Waals surface area contributed by atoms with Crippen LogP contribution in [0.4, 0.5) is 8.78 Å². The molecule has 0 unspecified atom stereocenters. The summed E-state index contributed by atoms with van der Waals surface area (Å²) in [7, 11) is 0. The number of rotatable bonds is 5. The number of aryl methyl sites for hydroxylation is 1. The monoisotopic (exact) mass is 403 g/mol. The van der Waals surface area contributed by atoms with Crippen molar-refractivity contribution in [2.24, 2.45) is 4.99 Å². The van der Waals surface area contributed by atoms with Crippen LogP contribution in [-0.4, -0.2) is 23.6 Å². The van der Waals surface area contributed by atoms with E-state index in [0.717, 1.165) is 6.07 Å². The van der Waals surface area contributed by atoms with Crippen molar-refractivity contribution < 1.29 is 46.4 Å². The van der Waals surface area contributed by atoms with Crippen molar-refractivity contribution in [1.29, 1.82) is 0 Å². The van der Waals surface area contributed by atoms with Gasteiger partial charge < -0.3 is 31.7 Å². The van der Waals surface area contributed by atoms with Gasteiger partial charge in [-0.3, -0.25) is 17.9 Å². The van der Waals surface area contributed by atoms with Gasteiger partial charge in [-0.2, -0.15) is 0 Å². The molecular formula is C17H13ClF2LiN3O4-2. The Kier molecular flexibility index (Phi) is 7.70. The van der Waals surface area contributed by atoms with Gasteiger partial charge in [0.15, 0.2) is 11.5 Å². The van der Waals surface area contributed by atoms with E-state index in [2.05, 4.69) is 24.9 Å². The number of amides is 1. The standard InChI is InChI=1S/C16H10ClF2N3O4.CH3.Li/c1-8(20-3-4-21-15(23)11-7-22-26-9(11)2)10-5-13-14(6-12(10)17)25-16(18,19)24-13;;/h1,3-7H,2H3,(H,21,23);1H3;/q-2;-1;+1. The molecule has 0 bridgehead atoms. The summed E-state index contributed by atoms with van der Waals surface area (Å²) in [4.78, 5) is 15.7. The largest absolute Gasteiger partial charge is 1.00 e. The minimum atomic E-state index is -3.76. The maximum absolute atomic E-state index is 13.1. The van der Waals surface area contributed by atoms with E-state index in [-0.39, 0.29) is 59.6 Å². The number of hydrogen-bond donors (Lipinski definition) is 1. The molecule has 2 aromatic rings. The maximum Gasteiger partial charge on any atom is 1.00 e. The third-order valence-corrected chi connectivity index (χ3v) is 3.58. The van der Waals surface area contributed by atoms with Crippen LogP contribution in [0.15, 0.2) is 27.8 Å². The molecule has 144 valence electrons. The van der Waals surface area contributed by atoms with Crippen molar-refractivity contribution in [2.75, 3.05) is 0 Å². The zero-order valence-corrected chi connectivity index (χ0v) is 15.9. The second-order valence-corrected chi connectivity index (χ2v) is 5.45. The second-order valence-electron chi connectivity index (χ2n) is 5.05. The summed E-state index contributed by atoms with van der Waals surface area (Å²) in [5.74, 6) is -0.504. The molecule has 0 saturated carbocycles. The van der Waals surface area contributed by atoms with Crippen molar-refractivity contribution in [2.45, 2.75) is 13.2 Å². The number of aromatic nitrogens is 1. The van der Waals surface area contributed by atoms with Gasteiger partial charge in [-0.15, -0.1) is 37.9 Å². The number of carbonyl (C=O) groups excluding carboxylic acids is 1. The van der Waals surface area contributed by atoms with Gasteiger partial charge >= 0.3 is 25.2 Å². The first-order valence-electron chi connectivity index (χ1n) is 7.07. The van der Waals surface area contributed by atoms with Crippen LogP contribution in [-0.2, 0) is 0 Å². The van der Waals surface area contributed by atoms with E-state index in [1.807, 2.05) is 0 Å². The summed E-state index contributed by atoms with van der Waals surface area (Å²) in [6, 6.07) is 2.33. The minimum Gasteiger partial charge on any atom is -0.481 e. The molecule has 1 aliphatic rings. The summed E-state index contributed by atoms with van der Waals surface area (Å²) in [6.07, 6.45) is -1.29. The van der Waals surface area contributed by atoms with E-state index in [1.165, 1.54) is 25.0 Å². The van der Waals surface area contributed by atoms with Crippen molar-refractivity contribution in [3.8, 4) is 11.5 Å².